The number of halogens is 1. The van der Waals surface area contributed by atoms with E-state index in [1.165, 1.54) is 15.2 Å². The van der Waals surface area contributed by atoms with E-state index in [0.717, 1.165) is 19.4 Å². The van der Waals surface area contributed by atoms with Crippen LogP contribution in [0.15, 0.2) is 11.4 Å². The molecule has 8 heteroatoms. The van der Waals surface area contributed by atoms with E-state index in [0.29, 0.717) is 19.0 Å². The summed E-state index contributed by atoms with van der Waals surface area (Å²) >= 11 is 5.98. The predicted octanol–water partition coefficient (Wildman–Crippen LogP) is 0.694. The molecular formula is C11H19ClN4O2S. The molecule has 1 aliphatic heterocycles. The Bertz CT molecular complexity index is 535. The molecule has 0 atom stereocenters. The Morgan fingerprint density at radius 3 is 2.58 bits per heavy atom. The fraction of sp³-hybridized carbons (Fsp3) is 0.727. The first-order chi connectivity index (χ1) is 8.96. The highest BCUT2D eigenvalue weighted by Crippen LogP contribution is 2.26. The van der Waals surface area contributed by atoms with E-state index in [-0.39, 0.29) is 10.2 Å². The van der Waals surface area contributed by atoms with Crippen molar-refractivity contribution in [1.82, 2.24) is 19.2 Å². The van der Waals surface area contributed by atoms with Crippen molar-refractivity contribution < 1.29 is 8.42 Å². The summed E-state index contributed by atoms with van der Waals surface area (Å²) in [7, 11) is 0.0264. The zero-order valence-electron chi connectivity index (χ0n) is 11.1. The van der Waals surface area contributed by atoms with Gasteiger partial charge in [-0.15, -0.1) is 0 Å². The lowest BCUT2D eigenvalue weighted by Gasteiger charge is -2.30. The number of nitrogens with zero attached hydrogens (tertiary/aromatic N) is 3. The van der Waals surface area contributed by atoms with Crippen LogP contribution in [-0.4, -0.2) is 49.0 Å². The third-order valence-corrected chi connectivity index (χ3v) is 5.87. The van der Waals surface area contributed by atoms with Gasteiger partial charge in [0.15, 0.2) is 0 Å². The van der Waals surface area contributed by atoms with Crippen LogP contribution in [0.4, 0.5) is 0 Å². The summed E-state index contributed by atoms with van der Waals surface area (Å²) in [5.74, 6) is 0.538. The van der Waals surface area contributed by atoms with Gasteiger partial charge in [0.25, 0.3) is 10.0 Å². The summed E-state index contributed by atoms with van der Waals surface area (Å²) in [5.41, 5.74) is 0. The zero-order chi connectivity index (χ0) is 14.0. The zero-order valence-corrected chi connectivity index (χ0v) is 12.7. The number of hydrogen-bond acceptors (Lipinski definition) is 4. The first-order valence-corrected chi connectivity index (χ1v) is 8.10. The molecule has 0 aromatic carbocycles. The molecule has 0 saturated carbocycles. The average Bonchev–Trinajstić information content (AvgIpc) is 2.72. The maximum atomic E-state index is 12.4. The molecule has 0 unspecified atom stereocenters. The topological polar surface area (TPSA) is 67.2 Å². The first-order valence-electron chi connectivity index (χ1n) is 6.28. The van der Waals surface area contributed by atoms with Crippen LogP contribution in [0, 0.1) is 5.92 Å². The normalized spacial score (nSPS) is 18.9. The van der Waals surface area contributed by atoms with Crippen LogP contribution in [0.3, 0.4) is 0 Å². The molecule has 1 aromatic rings. The molecule has 1 N–H and O–H groups in total. The van der Waals surface area contributed by atoms with Crippen LogP contribution in [0.2, 0.25) is 5.15 Å². The summed E-state index contributed by atoms with van der Waals surface area (Å²) in [4.78, 5) is 3.91. The third kappa shape index (κ3) is 2.94. The first kappa shape index (κ1) is 14.8. The van der Waals surface area contributed by atoms with E-state index in [1.807, 2.05) is 7.05 Å². The summed E-state index contributed by atoms with van der Waals surface area (Å²) in [6.07, 6.45) is 3.15. The molecule has 0 radical (unpaired) electrons. The summed E-state index contributed by atoms with van der Waals surface area (Å²) in [6, 6.07) is 0. The van der Waals surface area contributed by atoms with Crippen molar-refractivity contribution in [2.75, 3.05) is 26.7 Å². The van der Waals surface area contributed by atoms with Crippen molar-refractivity contribution >= 4 is 21.6 Å². The monoisotopic (exact) mass is 306 g/mol. The smallest absolute Gasteiger partial charge is 0.263 e. The van der Waals surface area contributed by atoms with Crippen molar-refractivity contribution in [3.63, 3.8) is 0 Å². The van der Waals surface area contributed by atoms with Gasteiger partial charge < -0.3 is 9.88 Å². The SMILES string of the molecule is CNCC1CCN(S(=O)(=O)c2ncn(C)c2Cl)CC1. The van der Waals surface area contributed by atoms with Crippen molar-refractivity contribution in [2.45, 2.75) is 17.9 Å². The van der Waals surface area contributed by atoms with E-state index in [2.05, 4.69) is 10.3 Å². The standard InChI is InChI=1S/C11H19ClN4O2S/c1-13-7-9-3-5-16(6-4-9)19(17,18)11-10(12)15(2)8-14-11/h8-9,13H,3-7H2,1-2H3. The highest BCUT2D eigenvalue weighted by atomic mass is 35.5. The molecule has 1 fully saturated rings. The Hall–Kier alpha value is -0.630. The lowest BCUT2D eigenvalue weighted by Crippen LogP contribution is -2.40. The maximum Gasteiger partial charge on any atom is 0.263 e. The Morgan fingerprint density at radius 2 is 2.11 bits per heavy atom. The molecule has 0 aliphatic carbocycles. The molecule has 2 heterocycles. The van der Waals surface area contributed by atoms with Crippen LogP contribution in [0.1, 0.15) is 12.8 Å². The molecule has 1 aliphatic rings. The molecule has 1 saturated heterocycles. The number of aryl methyl sites for hydroxylation is 1. The molecule has 0 spiro atoms. The quantitative estimate of drug-likeness (QED) is 0.889. The van der Waals surface area contributed by atoms with E-state index in [1.54, 1.807) is 7.05 Å². The number of nitrogens with one attached hydrogen (secondary N) is 1. The Kier molecular flexibility index (Phi) is 4.50. The van der Waals surface area contributed by atoms with Gasteiger partial charge in [-0.25, -0.2) is 13.4 Å². The van der Waals surface area contributed by atoms with E-state index >= 15 is 0 Å². The third-order valence-electron chi connectivity index (χ3n) is 3.48. The number of sulfonamides is 1. The molecular weight excluding hydrogens is 288 g/mol. The maximum absolute atomic E-state index is 12.4. The van der Waals surface area contributed by atoms with Crippen LogP contribution in [0.25, 0.3) is 0 Å². The molecule has 0 bridgehead atoms. The predicted molar refractivity (Wildman–Crippen MR) is 73.6 cm³/mol. The van der Waals surface area contributed by atoms with Gasteiger partial charge in [0, 0.05) is 20.1 Å². The molecule has 108 valence electrons. The summed E-state index contributed by atoms with van der Waals surface area (Å²) in [5, 5.41) is 3.26. The second-order valence-electron chi connectivity index (χ2n) is 4.86. The van der Waals surface area contributed by atoms with Gasteiger partial charge in [0.05, 0.1) is 6.33 Å². The van der Waals surface area contributed by atoms with Crippen LogP contribution < -0.4 is 5.32 Å². The molecule has 1 aromatic heterocycles. The minimum Gasteiger partial charge on any atom is -0.324 e. The van der Waals surface area contributed by atoms with Crippen molar-refractivity contribution in [3.8, 4) is 0 Å². The highest BCUT2D eigenvalue weighted by molar-refractivity contribution is 7.89. The number of aromatic nitrogens is 2. The average molecular weight is 307 g/mol. The van der Waals surface area contributed by atoms with E-state index in [9.17, 15) is 8.42 Å². The lowest BCUT2D eigenvalue weighted by molar-refractivity contribution is 0.270. The number of rotatable bonds is 4. The van der Waals surface area contributed by atoms with Crippen molar-refractivity contribution in [1.29, 1.82) is 0 Å². The van der Waals surface area contributed by atoms with Gasteiger partial charge in [-0.05, 0) is 32.4 Å². The Balaban J connectivity index is 2.12. The number of piperidine rings is 1. The second-order valence-corrected chi connectivity index (χ2v) is 7.07. The van der Waals surface area contributed by atoms with Crippen molar-refractivity contribution in [2.24, 2.45) is 13.0 Å². The van der Waals surface area contributed by atoms with Crippen LogP contribution in [-0.2, 0) is 17.1 Å². The highest BCUT2D eigenvalue weighted by Gasteiger charge is 2.32. The largest absolute Gasteiger partial charge is 0.324 e. The molecule has 6 nitrogen and oxygen atoms in total. The van der Waals surface area contributed by atoms with Crippen LogP contribution >= 0.6 is 11.6 Å². The van der Waals surface area contributed by atoms with Gasteiger partial charge in [0.2, 0.25) is 5.03 Å². The van der Waals surface area contributed by atoms with Gasteiger partial charge >= 0.3 is 0 Å². The van der Waals surface area contributed by atoms with E-state index in [4.69, 9.17) is 11.6 Å². The molecule has 0 amide bonds. The fourth-order valence-corrected chi connectivity index (χ4v) is 4.19. The Labute approximate surface area is 118 Å². The van der Waals surface area contributed by atoms with Gasteiger partial charge in [-0.1, -0.05) is 11.6 Å². The fourth-order valence-electron chi connectivity index (χ4n) is 2.33. The molecule has 2 rings (SSSR count). The number of imidazole rings is 1. The number of hydrogen-bond donors (Lipinski definition) is 1. The second kappa shape index (κ2) is 5.78. The van der Waals surface area contributed by atoms with Crippen LogP contribution in [0.5, 0.6) is 0 Å². The van der Waals surface area contributed by atoms with Gasteiger partial charge in [-0.2, -0.15) is 4.31 Å². The lowest BCUT2D eigenvalue weighted by atomic mass is 9.98. The summed E-state index contributed by atoms with van der Waals surface area (Å²) < 4.78 is 27.9. The van der Waals surface area contributed by atoms with Gasteiger partial charge in [-0.3, -0.25) is 0 Å². The molecule has 19 heavy (non-hydrogen) atoms. The Morgan fingerprint density at radius 1 is 1.47 bits per heavy atom. The summed E-state index contributed by atoms with van der Waals surface area (Å²) in [6.45, 7) is 1.99. The van der Waals surface area contributed by atoms with E-state index < -0.39 is 10.0 Å². The minimum atomic E-state index is -3.56. The minimum absolute atomic E-state index is 0.0382. The van der Waals surface area contributed by atoms with Gasteiger partial charge in [0.1, 0.15) is 5.15 Å². The van der Waals surface area contributed by atoms with Crippen molar-refractivity contribution in [3.05, 3.63) is 11.5 Å².